The minimum Gasteiger partial charge on any atom is -0.506 e. The number of phenols is 1. The van der Waals surface area contributed by atoms with E-state index in [4.69, 9.17) is 4.42 Å². The zero-order valence-electron chi connectivity index (χ0n) is 17.5. The van der Waals surface area contributed by atoms with Gasteiger partial charge in [0, 0.05) is 11.3 Å². The molecule has 7 heteroatoms. The van der Waals surface area contributed by atoms with Gasteiger partial charge in [-0.3, -0.25) is 14.5 Å². The number of hydrogen-bond donors (Lipinski definition) is 3. The molecule has 1 aliphatic rings. The minimum absolute atomic E-state index is 0.0588. The molecule has 1 atom stereocenters. The summed E-state index contributed by atoms with van der Waals surface area (Å²) >= 11 is 0. The molecule has 1 aliphatic heterocycles. The zero-order valence-corrected chi connectivity index (χ0v) is 17.5. The number of nitrogens with zero attached hydrogens (tertiary/aromatic N) is 1. The van der Waals surface area contributed by atoms with Crippen LogP contribution in [-0.4, -0.2) is 41.5 Å². The zero-order chi connectivity index (χ0) is 21.8. The van der Waals surface area contributed by atoms with Gasteiger partial charge in [-0.05, 0) is 57.1 Å². The van der Waals surface area contributed by atoms with Gasteiger partial charge >= 0.3 is 0 Å². The average Bonchev–Trinajstić information content (AvgIpc) is 3.20. The van der Waals surface area contributed by atoms with Crippen LogP contribution in [0.5, 0.6) is 5.75 Å². The van der Waals surface area contributed by atoms with Gasteiger partial charge in [-0.15, -0.1) is 0 Å². The van der Waals surface area contributed by atoms with Crippen LogP contribution in [0.25, 0.3) is 11.0 Å². The number of carbonyl (C=O) groups is 2. The van der Waals surface area contributed by atoms with Crippen molar-refractivity contribution in [2.24, 2.45) is 5.92 Å². The first-order valence-corrected chi connectivity index (χ1v) is 10.6. The number of furan rings is 1. The second-order valence-corrected chi connectivity index (χ2v) is 8.03. The Labute approximate surface area is 181 Å². The van der Waals surface area contributed by atoms with Crippen LogP contribution in [-0.2, 0) is 9.59 Å². The molecule has 0 radical (unpaired) electrons. The predicted molar refractivity (Wildman–Crippen MR) is 119 cm³/mol. The van der Waals surface area contributed by atoms with Crippen LogP contribution in [0.1, 0.15) is 31.6 Å². The van der Waals surface area contributed by atoms with Gasteiger partial charge < -0.3 is 20.2 Å². The molecule has 1 saturated heterocycles. The molecule has 162 valence electrons. The molecule has 0 unspecified atom stereocenters. The van der Waals surface area contributed by atoms with E-state index in [0.29, 0.717) is 38.2 Å². The number of likely N-dealkylation sites (tertiary alicyclic amines) is 1. The van der Waals surface area contributed by atoms with Crippen LogP contribution in [0.4, 0.5) is 5.69 Å². The number of fused-ring (bicyclic) bond motifs is 1. The van der Waals surface area contributed by atoms with Gasteiger partial charge in [-0.1, -0.05) is 30.3 Å². The van der Waals surface area contributed by atoms with E-state index >= 15 is 0 Å². The summed E-state index contributed by atoms with van der Waals surface area (Å²) in [5, 5.41) is 16.6. The molecule has 3 N–H and O–H groups in total. The Hall–Kier alpha value is -3.32. The Kier molecular flexibility index (Phi) is 6.23. The van der Waals surface area contributed by atoms with Crippen molar-refractivity contribution in [1.29, 1.82) is 0 Å². The highest BCUT2D eigenvalue weighted by molar-refractivity contribution is 5.94. The molecule has 4 rings (SSSR count). The fraction of sp³-hybridized carbons (Fsp3) is 0.333. The number of hydrogen-bond acceptors (Lipinski definition) is 5. The normalized spacial score (nSPS) is 16.2. The van der Waals surface area contributed by atoms with E-state index in [9.17, 15) is 14.7 Å². The van der Waals surface area contributed by atoms with Gasteiger partial charge in [0.15, 0.2) is 0 Å². The highest BCUT2D eigenvalue weighted by Gasteiger charge is 2.27. The summed E-state index contributed by atoms with van der Waals surface area (Å²) in [6.45, 7) is 3.54. The number of para-hydroxylation sites is 3. The number of carbonyl (C=O) groups excluding carboxylic acids is 2. The Morgan fingerprint density at radius 3 is 2.58 bits per heavy atom. The van der Waals surface area contributed by atoms with E-state index in [1.807, 2.05) is 37.3 Å². The van der Waals surface area contributed by atoms with Gasteiger partial charge in [0.2, 0.25) is 11.8 Å². The average molecular weight is 421 g/mol. The fourth-order valence-electron chi connectivity index (χ4n) is 3.94. The number of nitrogens with one attached hydrogen (secondary N) is 2. The lowest BCUT2D eigenvalue weighted by Crippen LogP contribution is -2.43. The third-order valence-corrected chi connectivity index (χ3v) is 5.74. The second kappa shape index (κ2) is 9.22. The maximum Gasteiger partial charge on any atom is 0.234 e. The summed E-state index contributed by atoms with van der Waals surface area (Å²) in [6, 6.07) is 16.2. The summed E-state index contributed by atoms with van der Waals surface area (Å²) < 4.78 is 5.83. The largest absolute Gasteiger partial charge is 0.506 e. The lowest BCUT2D eigenvalue weighted by atomic mass is 9.95. The van der Waals surface area contributed by atoms with E-state index in [1.165, 1.54) is 0 Å². The Balaban J connectivity index is 1.24. The lowest BCUT2D eigenvalue weighted by Gasteiger charge is -2.31. The molecular formula is C24H27N3O4. The number of phenolic OH excluding ortho intramolecular Hbond substituents is 1. The molecular weight excluding hydrogens is 394 g/mol. The highest BCUT2D eigenvalue weighted by atomic mass is 16.3. The summed E-state index contributed by atoms with van der Waals surface area (Å²) in [5.74, 6) is 0.500. The molecule has 0 aliphatic carbocycles. The standard InChI is InChI=1S/C24H27N3O4/c1-16(22-14-18-6-2-5-9-21(18)31-22)25-23(29)15-27-12-10-17(11-13-27)24(30)26-19-7-3-4-8-20(19)28/h2-9,14,16-17,28H,10-13,15H2,1H3,(H,25,29)(H,26,30)/t16-/m0/s1. The number of piperidine rings is 1. The van der Waals surface area contributed by atoms with Crippen molar-refractivity contribution in [3.63, 3.8) is 0 Å². The summed E-state index contributed by atoms with van der Waals surface area (Å²) in [6.07, 6.45) is 1.34. The van der Waals surface area contributed by atoms with E-state index < -0.39 is 0 Å². The van der Waals surface area contributed by atoms with Gasteiger partial charge in [0.25, 0.3) is 0 Å². The van der Waals surface area contributed by atoms with Crippen molar-refractivity contribution in [3.05, 3.63) is 60.4 Å². The molecule has 2 heterocycles. The van der Waals surface area contributed by atoms with Crippen LogP contribution >= 0.6 is 0 Å². The highest BCUT2D eigenvalue weighted by Crippen LogP contribution is 2.25. The Morgan fingerprint density at radius 2 is 1.84 bits per heavy atom. The Morgan fingerprint density at radius 1 is 1.13 bits per heavy atom. The van der Waals surface area contributed by atoms with Crippen molar-refractivity contribution in [2.75, 3.05) is 25.0 Å². The third-order valence-electron chi connectivity index (χ3n) is 5.74. The number of rotatable bonds is 6. The molecule has 3 aromatic rings. The molecule has 0 spiro atoms. The molecule has 1 fully saturated rings. The first-order valence-electron chi connectivity index (χ1n) is 10.6. The second-order valence-electron chi connectivity index (χ2n) is 8.03. The van der Waals surface area contributed by atoms with Crippen LogP contribution in [0.2, 0.25) is 0 Å². The smallest absolute Gasteiger partial charge is 0.234 e. The molecule has 0 bridgehead atoms. The molecule has 0 saturated carbocycles. The number of anilines is 1. The summed E-state index contributed by atoms with van der Waals surface area (Å²) in [7, 11) is 0. The number of amides is 2. The van der Waals surface area contributed by atoms with E-state index in [1.54, 1.807) is 24.3 Å². The van der Waals surface area contributed by atoms with Gasteiger partial charge in [0.1, 0.15) is 17.1 Å². The maximum atomic E-state index is 12.5. The maximum absolute atomic E-state index is 12.5. The molecule has 2 aromatic carbocycles. The molecule has 1 aromatic heterocycles. The Bertz CT molecular complexity index is 1040. The lowest BCUT2D eigenvalue weighted by molar-refractivity contribution is -0.124. The van der Waals surface area contributed by atoms with Crippen molar-refractivity contribution in [3.8, 4) is 5.75 Å². The van der Waals surface area contributed by atoms with Crippen molar-refractivity contribution in [1.82, 2.24) is 10.2 Å². The first kappa shape index (κ1) is 20.9. The van der Waals surface area contributed by atoms with Crippen LogP contribution in [0.3, 0.4) is 0 Å². The quantitative estimate of drug-likeness (QED) is 0.528. The topological polar surface area (TPSA) is 94.8 Å². The van der Waals surface area contributed by atoms with Crippen molar-refractivity contribution >= 4 is 28.5 Å². The molecule has 31 heavy (non-hydrogen) atoms. The monoisotopic (exact) mass is 421 g/mol. The van der Waals surface area contributed by atoms with Crippen LogP contribution in [0.15, 0.2) is 59.0 Å². The van der Waals surface area contributed by atoms with Crippen LogP contribution < -0.4 is 10.6 Å². The summed E-state index contributed by atoms with van der Waals surface area (Å²) in [4.78, 5) is 27.1. The number of aromatic hydroxyl groups is 1. The van der Waals surface area contributed by atoms with E-state index in [-0.39, 0.29) is 29.5 Å². The predicted octanol–water partition coefficient (Wildman–Crippen LogP) is 3.67. The minimum atomic E-state index is -0.221. The third kappa shape index (κ3) is 5.06. The first-order chi connectivity index (χ1) is 15.0. The SMILES string of the molecule is C[C@H](NC(=O)CN1CCC(C(=O)Nc2ccccc2O)CC1)c1cc2ccccc2o1. The van der Waals surface area contributed by atoms with Crippen LogP contribution in [0, 0.1) is 5.92 Å². The number of benzene rings is 2. The fourth-order valence-corrected chi connectivity index (χ4v) is 3.94. The summed E-state index contributed by atoms with van der Waals surface area (Å²) in [5.41, 5.74) is 1.23. The van der Waals surface area contributed by atoms with E-state index in [2.05, 4.69) is 15.5 Å². The van der Waals surface area contributed by atoms with Crippen molar-refractivity contribution < 1.29 is 19.1 Å². The van der Waals surface area contributed by atoms with Crippen molar-refractivity contribution in [2.45, 2.75) is 25.8 Å². The van der Waals surface area contributed by atoms with Gasteiger partial charge in [-0.2, -0.15) is 0 Å². The molecule has 7 nitrogen and oxygen atoms in total. The molecule has 2 amide bonds. The van der Waals surface area contributed by atoms with Gasteiger partial charge in [0.05, 0.1) is 18.3 Å². The van der Waals surface area contributed by atoms with E-state index in [0.717, 1.165) is 16.7 Å². The van der Waals surface area contributed by atoms with Gasteiger partial charge in [-0.25, -0.2) is 0 Å².